The van der Waals surface area contributed by atoms with E-state index in [0.29, 0.717) is 5.75 Å². The first-order valence-corrected chi connectivity index (χ1v) is 5.43. The first kappa shape index (κ1) is 10.1. The predicted octanol–water partition coefficient (Wildman–Crippen LogP) is 2.32. The van der Waals surface area contributed by atoms with E-state index in [-0.39, 0.29) is 0 Å². The summed E-state index contributed by atoms with van der Waals surface area (Å²) in [5.74, 6) is 0.333. The van der Waals surface area contributed by atoms with Crippen molar-refractivity contribution in [3.8, 4) is 5.75 Å². The second kappa shape index (κ2) is 4.00. The summed E-state index contributed by atoms with van der Waals surface area (Å²) in [6.45, 7) is 2.01. The Hall–Kier alpha value is -1.39. The Balaban J connectivity index is 2.47. The molecule has 78 valence electrons. The largest absolute Gasteiger partial charge is 0.740 e. The Bertz CT molecular complexity index is 522. The molecule has 0 N–H and O–H groups in total. The zero-order chi connectivity index (χ0) is 10.8. The molecule has 0 heterocycles. The Morgan fingerprint density at radius 3 is 2.53 bits per heavy atom. The number of hydrogen-bond acceptors (Lipinski definition) is 3. The molecule has 0 saturated carbocycles. The summed E-state index contributed by atoms with van der Waals surface area (Å²) in [6, 6.07) is 11.1. The van der Waals surface area contributed by atoms with Crippen LogP contribution in [0.15, 0.2) is 36.4 Å². The molecule has 0 aromatic heterocycles. The fourth-order valence-corrected chi connectivity index (χ4v) is 1.73. The highest BCUT2D eigenvalue weighted by molar-refractivity contribution is 7.74. The first-order valence-electron chi connectivity index (χ1n) is 4.43. The summed E-state index contributed by atoms with van der Waals surface area (Å²) >= 11 is -2.51. The number of fused-ring (bicyclic) bond motifs is 1. The fraction of sp³-hybridized carbons (Fsp3) is 0.0909. The van der Waals surface area contributed by atoms with E-state index in [9.17, 15) is 8.76 Å². The van der Waals surface area contributed by atoms with Crippen molar-refractivity contribution in [1.29, 1.82) is 0 Å². The minimum Gasteiger partial charge on any atom is -0.740 e. The number of rotatable bonds is 2. The summed E-state index contributed by atoms with van der Waals surface area (Å²) in [6.07, 6.45) is 0. The smallest absolute Gasteiger partial charge is 0.139 e. The molecule has 0 aliphatic heterocycles. The molecule has 0 spiro atoms. The second-order valence-corrected chi connectivity index (χ2v) is 3.87. The van der Waals surface area contributed by atoms with E-state index in [1.165, 1.54) is 5.56 Å². The molecular weight excluding hydrogens is 212 g/mol. The van der Waals surface area contributed by atoms with Gasteiger partial charge in [-0.3, -0.25) is 0 Å². The monoisotopic (exact) mass is 221 g/mol. The van der Waals surface area contributed by atoms with E-state index in [1.54, 1.807) is 12.1 Å². The average molecular weight is 221 g/mol. The lowest BCUT2D eigenvalue weighted by atomic mass is 10.1. The normalized spacial score (nSPS) is 12.7. The quantitative estimate of drug-likeness (QED) is 0.731. The zero-order valence-electron chi connectivity index (χ0n) is 8.10. The number of hydrogen-bond donors (Lipinski definition) is 0. The minimum atomic E-state index is -2.51. The SMILES string of the molecule is Cc1ccc2cc(OS(=O)[O-])ccc2c1. The fourth-order valence-electron chi connectivity index (χ4n) is 1.47. The van der Waals surface area contributed by atoms with Gasteiger partial charge in [0.15, 0.2) is 0 Å². The maximum Gasteiger partial charge on any atom is 0.139 e. The van der Waals surface area contributed by atoms with Gasteiger partial charge in [0.2, 0.25) is 0 Å². The molecule has 3 nitrogen and oxygen atoms in total. The Kier molecular flexibility index (Phi) is 2.70. The molecule has 15 heavy (non-hydrogen) atoms. The molecule has 1 unspecified atom stereocenters. The van der Waals surface area contributed by atoms with Gasteiger partial charge in [0.1, 0.15) is 17.1 Å². The van der Waals surface area contributed by atoms with Crippen molar-refractivity contribution in [2.45, 2.75) is 6.92 Å². The molecule has 2 rings (SSSR count). The van der Waals surface area contributed by atoms with E-state index in [2.05, 4.69) is 4.18 Å². The van der Waals surface area contributed by atoms with Crippen LogP contribution < -0.4 is 4.18 Å². The molecule has 4 heteroatoms. The van der Waals surface area contributed by atoms with Crippen molar-refractivity contribution >= 4 is 22.1 Å². The molecule has 0 saturated heterocycles. The van der Waals surface area contributed by atoms with Crippen molar-refractivity contribution in [2.75, 3.05) is 0 Å². The standard InChI is InChI=1S/C11H10O3S/c1-8-2-3-10-7-11(14-15(12)13)5-4-9(10)6-8/h2-7H,1H3,(H,12,13)/p-1. The highest BCUT2D eigenvalue weighted by Crippen LogP contribution is 2.22. The lowest BCUT2D eigenvalue weighted by Crippen LogP contribution is -1.97. The zero-order valence-corrected chi connectivity index (χ0v) is 8.91. The van der Waals surface area contributed by atoms with Crippen LogP contribution in [0.2, 0.25) is 0 Å². The van der Waals surface area contributed by atoms with Gasteiger partial charge in [0.05, 0.1) is 0 Å². The third kappa shape index (κ3) is 2.34. The Morgan fingerprint density at radius 1 is 1.13 bits per heavy atom. The number of benzene rings is 2. The van der Waals surface area contributed by atoms with Crippen molar-refractivity contribution in [3.05, 3.63) is 42.0 Å². The number of aryl methyl sites for hydroxylation is 1. The molecule has 0 fully saturated rings. The Morgan fingerprint density at radius 2 is 1.80 bits per heavy atom. The minimum absolute atomic E-state index is 0.333. The van der Waals surface area contributed by atoms with Crippen LogP contribution in [0, 0.1) is 6.92 Å². The van der Waals surface area contributed by atoms with Crippen LogP contribution >= 0.6 is 0 Å². The van der Waals surface area contributed by atoms with Gasteiger partial charge in [-0.2, -0.15) is 0 Å². The molecule has 0 amide bonds. The third-order valence-corrected chi connectivity index (χ3v) is 2.46. The van der Waals surface area contributed by atoms with Crippen LogP contribution in [0.4, 0.5) is 0 Å². The molecule has 0 aliphatic rings. The third-order valence-electron chi connectivity index (χ3n) is 2.13. The van der Waals surface area contributed by atoms with Crippen molar-refractivity contribution in [3.63, 3.8) is 0 Å². The van der Waals surface area contributed by atoms with Gasteiger partial charge in [-0.15, -0.1) is 0 Å². The van der Waals surface area contributed by atoms with Gasteiger partial charge in [-0.1, -0.05) is 29.8 Å². The maximum atomic E-state index is 10.3. The van der Waals surface area contributed by atoms with Crippen LogP contribution in [0.3, 0.4) is 0 Å². The van der Waals surface area contributed by atoms with Crippen molar-refractivity contribution in [2.24, 2.45) is 0 Å². The van der Waals surface area contributed by atoms with Gasteiger partial charge in [-0.05, 0) is 29.8 Å². The molecule has 0 radical (unpaired) electrons. The van der Waals surface area contributed by atoms with E-state index >= 15 is 0 Å². The predicted molar refractivity (Wildman–Crippen MR) is 58.2 cm³/mol. The van der Waals surface area contributed by atoms with E-state index < -0.39 is 11.4 Å². The summed E-state index contributed by atoms with van der Waals surface area (Å²) in [5, 5.41) is 2.03. The highest BCUT2D eigenvalue weighted by Gasteiger charge is 1.97. The van der Waals surface area contributed by atoms with Crippen LogP contribution in [-0.4, -0.2) is 8.76 Å². The summed E-state index contributed by atoms with van der Waals surface area (Å²) < 4.78 is 25.2. The van der Waals surface area contributed by atoms with Crippen LogP contribution in [-0.2, 0) is 11.4 Å². The molecule has 0 aliphatic carbocycles. The van der Waals surface area contributed by atoms with E-state index in [0.717, 1.165) is 10.8 Å². The lowest BCUT2D eigenvalue weighted by molar-refractivity contribution is 0.440. The van der Waals surface area contributed by atoms with Gasteiger partial charge in [-0.25, -0.2) is 4.21 Å². The summed E-state index contributed by atoms with van der Waals surface area (Å²) in [5.41, 5.74) is 1.17. The van der Waals surface area contributed by atoms with Crippen LogP contribution in [0.1, 0.15) is 5.56 Å². The molecule has 2 aromatic carbocycles. The maximum absolute atomic E-state index is 10.3. The van der Waals surface area contributed by atoms with E-state index in [1.807, 2.05) is 31.2 Å². The highest BCUT2D eigenvalue weighted by atomic mass is 32.2. The van der Waals surface area contributed by atoms with Gasteiger partial charge >= 0.3 is 0 Å². The van der Waals surface area contributed by atoms with Crippen LogP contribution in [0.25, 0.3) is 10.8 Å². The summed E-state index contributed by atoms with van der Waals surface area (Å²) in [7, 11) is 0. The van der Waals surface area contributed by atoms with Crippen molar-refractivity contribution < 1.29 is 12.9 Å². The molecule has 2 aromatic rings. The van der Waals surface area contributed by atoms with Crippen molar-refractivity contribution in [1.82, 2.24) is 0 Å². The van der Waals surface area contributed by atoms with Crippen LogP contribution in [0.5, 0.6) is 5.75 Å². The van der Waals surface area contributed by atoms with Gasteiger partial charge in [0.25, 0.3) is 0 Å². The van der Waals surface area contributed by atoms with E-state index in [4.69, 9.17) is 0 Å². The van der Waals surface area contributed by atoms with Gasteiger partial charge in [0, 0.05) is 0 Å². The first-order chi connectivity index (χ1) is 7.15. The molecule has 1 atom stereocenters. The van der Waals surface area contributed by atoms with Gasteiger partial charge < -0.3 is 8.74 Å². The Labute approximate surface area is 90.2 Å². The molecule has 0 bridgehead atoms. The topological polar surface area (TPSA) is 49.4 Å². The lowest BCUT2D eigenvalue weighted by Gasteiger charge is -2.08. The molecular formula is C11H9O3S-. The summed E-state index contributed by atoms with van der Waals surface area (Å²) in [4.78, 5) is 0. The second-order valence-electron chi connectivity index (χ2n) is 3.30. The average Bonchev–Trinajstić information content (AvgIpc) is 2.17.